The molecule has 0 fully saturated rings. The van der Waals surface area contributed by atoms with Crippen molar-refractivity contribution in [2.24, 2.45) is 0 Å². The van der Waals surface area contributed by atoms with Crippen LogP contribution in [0.4, 0.5) is 13.2 Å². The predicted octanol–water partition coefficient (Wildman–Crippen LogP) is 3.39. The zero-order valence-corrected chi connectivity index (χ0v) is 10.7. The van der Waals surface area contributed by atoms with Crippen molar-refractivity contribution >= 4 is 0 Å². The minimum atomic E-state index is -1.22. The Kier molecular flexibility index (Phi) is 4.29. The molecule has 1 atom stereocenters. The van der Waals surface area contributed by atoms with Gasteiger partial charge in [-0.1, -0.05) is 6.07 Å². The number of methoxy groups -OCH3 is 1. The molecule has 106 valence electrons. The summed E-state index contributed by atoms with van der Waals surface area (Å²) >= 11 is 0. The Balaban J connectivity index is 2.21. The second kappa shape index (κ2) is 5.96. The largest absolute Gasteiger partial charge is 0.497 e. The van der Waals surface area contributed by atoms with Crippen LogP contribution in [0.5, 0.6) is 5.75 Å². The predicted molar refractivity (Wildman–Crippen MR) is 68.0 cm³/mol. The number of hydrogen-bond acceptors (Lipinski definition) is 2. The van der Waals surface area contributed by atoms with Gasteiger partial charge in [-0.15, -0.1) is 0 Å². The molecule has 20 heavy (non-hydrogen) atoms. The lowest BCUT2D eigenvalue weighted by atomic mass is 10.0. The second-order valence-corrected chi connectivity index (χ2v) is 4.34. The molecule has 2 aromatic rings. The topological polar surface area (TPSA) is 29.5 Å². The van der Waals surface area contributed by atoms with Gasteiger partial charge in [0.15, 0.2) is 0 Å². The summed E-state index contributed by atoms with van der Waals surface area (Å²) in [6.07, 6.45) is -1.36. The number of aliphatic hydroxyl groups excluding tert-OH is 1. The second-order valence-electron chi connectivity index (χ2n) is 4.34. The highest BCUT2D eigenvalue weighted by Gasteiger charge is 2.16. The van der Waals surface area contributed by atoms with E-state index in [1.54, 1.807) is 0 Å². The average Bonchev–Trinajstić information content (AvgIpc) is 2.41. The maximum absolute atomic E-state index is 13.8. The zero-order valence-electron chi connectivity index (χ0n) is 10.7. The van der Waals surface area contributed by atoms with Crippen LogP contribution in [0, 0.1) is 17.5 Å². The third kappa shape index (κ3) is 3.11. The molecular weight excluding hydrogens is 269 g/mol. The summed E-state index contributed by atoms with van der Waals surface area (Å²) in [4.78, 5) is 0. The van der Waals surface area contributed by atoms with E-state index in [0.29, 0.717) is 5.75 Å². The molecule has 0 aliphatic carbocycles. The van der Waals surface area contributed by atoms with E-state index in [1.807, 2.05) is 0 Å². The molecule has 0 saturated heterocycles. The first-order chi connectivity index (χ1) is 9.51. The van der Waals surface area contributed by atoms with E-state index in [-0.39, 0.29) is 17.5 Å². The number of benzene rings is 2. The zero-order chi connectivity index (χ0) is 14.7. The molecule has 0 saturated carbocycles. The van der Waals surface area contributed by atoms with Crippen LogP contribution in [0.1, 0.15) is 17.2 Å². The van der Waals surface area contributed by atoms with Crippen LogP contribution in [-0.2, 0) is 6.42 Å². The van der Waals surface area contributed by atoms with E-state index in [9.17, 15) is 18.3 Å². The fourth-order valence-corrected chi connectivity index (χ4v) is 1.91. The molecule has 5 heteroatoms. The molecule has 1 N–H and O–H groups in total. The Labute approximate surface area is 114 Å². The maximum Gasteiger partial charge on any atom is 0.132 e. The Morgan fingerprint density at radius 2 is 1.80 bits per heavy atom. The van der Waals surface area contributed by atoms with Crippen molar-refractivity contribution in [3.8, 4) is 5.75 Å². The molecule has 0 amide bonds. The van der Waals surface area contributed by atoms with Gasteiger partial charge in [0.25, 0.3) is 0 Å². The van der Waals surface area contributed by atoms with Crippen LogP contribution < -0.4 is 4.74 Å². The van der Waals surface area contributed by atoms with Crippen molar-refractivity contribution in [1.82, 2.24) is 0 Å². The molecule has 0 heterocycles. The third-order valence-corrected chi connectivity index (χ3v) is 2.99. The number of ether oxygens (including phenoxy) is 1. The number of aliphatic hydroxyl groups is 1. The van der Waals surface area contributed by atoms with Crippen LogP contribution in [0.25, 0.3) is 0 Å². The highest BCUT2D eigenvalue weighted by molar-refractivity contribution is 5.31. The lowest BCUT2D eigenvalue weighted by Gasteiger charge is -2.13. The van der Waals surface area contributed by atoms with Gasteiger partial charge < -0.3 is 9.84 Å². The first-order valence-corrected chi connectivity index (χ1v) is 5.96. The molecule has 0 bridgehead atoms. The molecular formula is C15H13F3O2. The van der Waals surface area contributed by atoms with Crippen molar-refractivity contribution in [3.63, 3.8) is 0 Å². The Bertz CT molecular complexity index is 614. The quantitative estimate of drug-likeness (QED) is 0.931. The molecule has 0 aromatic heterocycles. The highest BCUT2D eigenvalue weighted by Crippen LogP contribution is 2.25. The van der Waals surface area contributed by atoms with Gasteiger partial charge >= 0.3 is 0 Å². The standard InChI is InChI=1S/C15H13F3O2/c1-20-11-4-5-12(14(18)8-11)15(19)6-9-2-3-10(16)7-13(9)17/h2-5,7-8,15,19H,6H2,1H3. The van der Waals surface area contributed by atoms with Gasteiger partial charge in [0.1, 0.15) is 23.2 Å². The van der Waals surface area contributed by atoms with Crippen LogP contribution in [0.2, 0.25) is 0 Å². The SMILES string of the molecule is COc1ccc(C(O)Cc2ccc(F)cc2F)c(F)c1. The average molecular weight is 282 g/mol. The van der Waals surface area contributed by atoms with E-state index in [0.717, 1.165) is 18.2 Å². The molecule has 0 spiro atoms. The van der Waals surface area contributed by atoms with E-state index in [1.165, 1.54) is 25.3 Å². The smallest absolute Gasteiger partial charge is 0.132 e. The van der Waals surface area contributed by atoms with Crippen LogP contribution in [0.3, 0.4) is 0 Å². The van der Waals surface area contributed by atoms with E-state index < -0.39 is 23.6 Å². The number of hydrogen-bond donors (Lipinski definition) is 1. The van der Waals surface area contributed by atoms with E-state index in [2.05, 4.69) is 0 Å². The Hall–Kier alpha value is -2.01. The molecule has 0 aliphatic rings. The first kappa shape index (κ1) is 14.4. The summed E-state index contributed by atoms with van der Waals surface area (Å²) in [5.41, 5.74) is 0.156. The first-order valence-electron chi connectivity index (χ1n) is 5.96. The van der Waals surface area contributed by atoms with Crippen molar-refractivity contribution in [2.75, 3.05) is 7.11 Å². The summed E-state index contributed by atoms with van der Waals surface area (Å²) in [6, 6.07) is 7.07. The van der Waals surface area contributed by atoms with Gasteiger partial charge in [-0.25, -0.2) is 13.2 Å². The summed E-state index contributed by atoms with van der Waals surface area (Å²) in [7, 11) is 1.40. The molecule has 0 aliphatic heterocycles. The Morgan fingerprint density at radius 1 is 1.05 bits per heavy atom. The molecule has 2 rings (SSSR count). The molecule has 0 radical (unpaired) electrons. The monoisotopic (exact) mass is 282 g/mol. The van der Waals surface area contributed by atoms with E-state index in [4.69, 9.17) is 4.74 Å². The van der Waals surface area contributed by atoms with E-state index >= 15 is 0 Å². The van der Waals surface area contributed by atoms with Crippen molar-refractivity contribution in [2.45, 2.75) is 12.5 Å². The summed E-state index contributed by atoms with van der Waals surface area (Å²) in [6.45, 7) is 0. The normalized spacial score (nSPS) is 12.2. The van der Waals surface area contributed by atoms with Gasteiger partial charge in [0.2, 0.25) is 0 Å². The van der Waals surface area contributed by atoms with Crippen LogP contribution in [-0.4, -0.2) is 12.2 Å². The van der Waals surface area contributed by atoms with Gasteiger partial charge in [-0.2, -0.15) is 0 Å². The van der Waals surface area contributed by atoms with Gasteiger partial charge in [-0.3, -0.25) is 0 Å². The summed E-state index contributed by atoms with van der Waals surface area (Å²) < 4.78 is 44.9. The summed E-state index contributed by atoms with van der Waals surface area (Å²) in [5, 5.41) is 9.97. The Morgan fingerprint density at radius 3 is 2.40 bits per heavy atom. The molecule has 2 aromatic carbocycles. The third-order valence-electron chi connectivity index (χ3n) is 2.99. The lowest BCUT2D eigenvalue weighted by Crippen LogP contribution is -2.06. The van der Waals surface area contributed by atoms with Gasteiger partial charge in [0.05, 0.1) is 13.2 Å². The molecule has 2 nitrogen and oxygen atoms in total. The van der Waals surface area contributed by atoms with Crippen molar-refractivity contribution in [3.05, 3.63) is 65.0 Å². The minimum Gasteiger partial charge on any atom is -0.497 e. The lowest BCUT2D eigenvalue weighted by molar-refractivity contribution is 0.172. The van der Waals surface area contributed by atoms with Gasteiger partial charge in [0, 0.05) is 24.1 Å². The minimum absolute atomic E-state index is 0.0366. The highest BCUT2D eigenvalue weighted by atomic mass is 19.1. The number of halogens is 3. The number of rotatable bonds is 4. The van der Waals surface area contributed by atoms with Crippen LogP contribution in [0.15, 0.2) is 36.4 Å². The summed E-state index contributed by atoms with van der Waals surface area (Å²) in [5.74, 6) is -1.78. The fourth-order valence-electron chi connectivity index (χ4n) is 1.91. The molecule has 1 unspecified atom stereocenters. The maximum atomic E-state index is 13.8. The van der Waals surface area contributed by atoms with Gasteiger partial charge in [-0.05, 0) is 23.8 Å². The fraction of sp³-hybridized carbons (Fsp3) is 0.200. The van der Waals surface area contributed by atoms with Crippen LogP contribution >= 0.6 is 0 Å². The van der Waals surface area contributed by atoms with Crippen molar-refractivity contribution < 1.29 is 23.0 Å². The van der Waals surface area contributed by atoms with Crippen molar-refractivity contribution in [1.29, 1.82) is 0 Å².